The van der Waals surface area contributed by atoms with Crippen LogP contribution in [0.4, 0.5) is 0 Å². The molecular formula is C23H26ClN5O4S2. The molecule has 3 aromatic rings. The fourth-order valence-electron chi connectivity index (χ4n) is 4.56. The summed E-state index contributed by atoms with van der Waals surface area (Å²) in [5, 5.41) is 16.2. The van der Waals surface area contributed by atoms with Crippen LogP contribution in [0.15, 0.2) is 22.7 Å². The quantitative estimate of drug-likeness (QED) is 0.461. The molecule has 12 heteroatoms. The summed E-state index contributed by atoms with van der Waals surface area (Å²) in [5.74, 6) is 0.0332. The Morgan fingerprint density at radius 2 is 2.09 bits per heavy atom. The molecule has 2 aliphatic rings. The van der Waals surface area contributed by atoms with Crippen molar-refractivity contribution in [2.45, 2.75) is 56.3 Å². The summed E-state index contributed by atoms with van der Waals surface area (Å²) < 4.78 is 7.94. The van der Waals surface area contributed by atoms with Crippen molar-refractivity contribution in [2.75, 3.05) is 13.1 Å². The molecule has 0 radical (unpaired) electrons. The van der Waals surface area contributed by atoms with Gasteiger partial charge < -0.3 is 24.4 Å². The lowest BCUT2D eigenvalue weighted by atomic mass is 10.0. The number of carboxylic acids is 1. The number of amides is 1. The van der Waals surface area contributed by atoms with Gasteiger partial charge in [-0.05, 0) is 38.8 Å². The Hall–Kier alpha value is -2.34. The van der Waals surface area contributed by atoms with E-state index in [0.717, 1.165) is 36.5 Å². The van der Waals surface area contributed by atoms with E-state index in [4.69, 9.17) is 16.1 Å². The number of hydrogen-bond donors (Lipinski definition) is 2. The third-order valence-electron chi connectivity index (χ3n) is 6.46. The van der Waals surface area contributed by atoms with Gasteiger partial charge in [0.2, 0.25) is 0 Å². The number of aliphatic carboxylic acids is 1. The monoisotopic (exact) mass is 535 g/mol. The van der Waals surface area contributed by atoms with Crippen LogP contribution in [0.2, 0.25) is 4.34 Å². The maximum absolute atomic E-state index is 13.3. The van der Waals surface area contributed by atoms with Crippen LogP contribution in [0.25, 0.3) is 10.6 Å². The van der Waals surface area contributed by atoms with Crippen LogP contribution in [0, 0.1) is 0 Å². The average Bonchev–Trinajstić information content (AvgIpc) is 3.59. The first-order valence-electron chi connectivity index (χ1n) is 11.5. The minimum atomic E-state index is -0.954. The highest BCUT2D eigenvalue weighted by molar-refractivity contribution is 7.99. The van der Waals surface area contributed by atoms with Gasteiger partial charge in [0.25, 0.3) is 5.91 Å². The molecule has 1 fully saturated rings. The summed E-state index contributed by atoms with van der Waals surface area (Å²) in [4.78, 5) is 32.9. The topological polar surface area (TPSA) is 113 Å². The third kappa shape index (κ3) is 5.00. The highest BCUT2D eigenvalue weighted by Crippen LogP contribution is 2.42. The standard InChI is InChI=1S/C23H26ClN5O4S2/c1-12(2)28-7-5-13(6-8-28)25-22(30)21-26-19-15(11-34-20(19)23(31)32)29(21)10-14-9-16(33-27-14)17-3-4-18(24)35-17/h3-4,9,12-13,20H,5-8,10-11H2,1-2H3,(H,25,30)(H,31,32). The zero-order valence-corrected chi connectivity index (χ0v) is 21.8. The number of nitrogens with zero attached hydrogens (tertiary/aromatic N) is 4. The van der Waals surface area contributed by atoms with Gasteiger partial charge in [-0.3, -0.25) is 9.59 Å². The van der Waals surface area contributed by atoms with Gasteiger partial charge in [0.1, 0.15) is 10.9 Å². The van der Waals surface area contributed by atoms with Gasteiger partial charge in [0.15, 0.2) is 11.6 Å². The van der Waals surface area contributed by atoms with Crippen molar-refractivity contribution >= 4 is 46.6 Å². The highest BCUT2D eigenvalue weighted by atomic mass is 35.5. The average molecular weight is 536 g/mol. The van der Waals surface area contributed by atoms with Gasteiger partial charge in [-0.1, -0.05) is 16.8 Å². The van der Waals surface area contributed by atoms with E-state index >= 15 is 0 Å². The Kier molecular flexibility index (Phi) is 6.93. The summed E-state index contributed by atoms with van der Waals surface area (Å²) in [6.07, 6.45) is 1.74. The second-order valence-electron chi connectivity index (χ2n) is 9.05. The molecular weight excluding hydrogens is 510 g/mol. The number of likely N-dealkylation sites (tertiary alicyclic amines) is 1. The number of aromatic nitrogens is 3. The van der Waals surface area contributed by atoms with Crippen molar-refractivity contribution in [2.24, 2.45) is 0 Å². The first-order valence-corrected chi connectivity index (χ1v) is 13.7. The molecule has 0 aromatic carbocycles. The van der Waals surface area contributed by atoms with Crippen LogP contribution >= 0.6 is 34.7 Å². The number of carbonyl (C=O) groups excluding carboxylic acids is 1. The molecule has 9 nitrogen and oxygen atoms in total. The fourth-order valence-corrected chi connectivity index (χ4v) is 6.67. The molecule has 1 saturated heterocycles. The smallest absolute Gasteiger partial charge is 0.322 e. The lowest BCUT2D eigenvalue weighted by Gasteiger charge is -2.34. The van der Waals surface area contributed by atoms with Crippen LogP contribution < -0.4 is 5.32 Å². The molecule has 0 bridgehead atoms. The van der Waals surface area contributed by atoms with Gasteiger partial charge >= 0.3 is 5.97 Å². The van der Waals surface area contributed by atoms with E-state index in [9.17, 15) is 14.7 Å². The largest absolute Gasteiger partial charge is 0.480 e. The number of carbonyl (C=O) groups is 2. The normalized spacial score (nSPS) is 18.8. The number of imidazole rings is 1. The molecule has 0 spiro atoms. The molecule has 1 amide bonds. The van der Waals surface area contributed by atoms with Gasteiger partial charge in [-0.2, -0.15) is 0 Å². The Morgan fingerprint density at radius 1 is 1.31 bits per heavy atom. The first kappa shape index (κ1) is 24.4. The predicted molar refractivity (Wildman–Crippen MR) is 135 cm³/mol. The van der Waals surface area contributed by atoms with Crippen LogP contribution in [0.3, 0.4) is 0 Å². The fraction of sp³-hybridized carbons (Fsp3) is 0.478. The lowest BCUT2D eigenvalue weighted by Crippen LogP contribution is -2.47. The summed E-state index contributed by atoms with van der Waals surface area (Å²) in [7, 11) is 0. The van der Waals surface area contributed by atoms with Gasteiger partial charge in [-0.25, -0.2) is 4.98 Å². The van der Waals surface area contributed by atoms with Crippen molar-refractivity contribution in [3.05, 3.63) is 45.4 Å². The van der Waals surface area contributed by atoms with Crippen molar-refractivity contribution < 1.29 is 19.2 Å². The molecule has 3 aromatic heterocycles. The second-order valence-corrected chi connectivity index (χ2v) is 11.9. The molecule has 1 atom stereocenters. The molecule has 1 unspecified atom stereocenters. The number of hydrogen-bond acceptors (Lipinski definition) is 8. The second kappa shape index (κ2) is 9.96. The van der Waals surface area contributed by atoms with E-state index in [1.165, 1.54) is 23.1 Å². The summed E-state index contributed by atoms with van der Waals surface area (Å²) >= 11 is 8.73. The molecule has 5 heterocycles. The molecule has 5 rings (SSSR count). The minimum Gasteiger partial charge on any atom is -0.480 e. The number of rotatable bonds is 7. The van der Waals surface area contributed by atoms with Crippen molar-refractivity contribution in [1.82, 2.24) is 24.9 Å². The summed E-state index contributed by atoms with van der Waals surface area (Å²) in [5.41, 5.74) is 1.80. The van der Waals surface area contributed by atoms with Crippen LogP contribution in [-0.2, 0) is 17.1 Å². The van der Waals surface area contributed by atoms with Crippen molar-refractivity contribution in [3.8, 4) is 10.6 Å². The first-order chi connectivity index (χ1) is 16.8. The molecule has 2 N–H and O–H groups in total. The predicted octanol–water partition coefficient (Wildman–Crippen LogP) is 4.28. The Balaban J connectivity index is 1.39. The van der Waals surface area contributed by atoms with Gasteiger partial charge in [0, 0.05) is 37.0 Å². The molecule has 0 saturated carbocycles. The lowest BCUT2D eigenvalue weighted by molar-refractivity contribution is -0.136. The van der Waals surface area contributed by atoms with E-state index in [1.54, 1.807) is 10.6 Å². The number of thioether (sulfide) groups is 1. The maximum atomic E-state index is 13.3. The van der Waals surface area contributed by atoms with Crippen LogP contribution in [0.1, 0.15) is 59.6 Å². The van der Waals surface area contributed by atoms with E-state index in [2.05, 4.69) is 34.2 Å². The number of thiophene rings is 1. The molecule has 2 aliphatic heterocycles. The number of carboxylic acid groups (broad SMARTS) is 1. The summed E-state index contributed by atoms with van der Waals surface area (Å²) in [6.45, 7) is 6.47. The molecule has 35 heavy (non-hydrogen) atoms. The number of piperidine rings is 1. The maximum Gasteiger partial charge on any atom is 0.322 e. The zero-order chi connectivity index (χ0) is 24.7. The number of fused-ring (bicyclic) bond motifs is 1. The van der Waals surface area contributed by atoms with Crippen molar-refractivity contribution in [3.63, 3.8) is 0 Å². The summed E-state index contributed by atoms with van der Waals surface area (Å²) in [6, 6.07) is 6.02. The van der Waals surface area contributed by atoms with E-state index in [1.807, 2.05) is 12.1 Å². The van der Waals surface area contributed by atoms with Crippen LogP contribution in [0.5, 0.6) is 0 Å². The Labute approximate surface area is 215 Å². The highest BCUT2D eigenvalue weighted by Gasteiger charge is 2.37. The van der Waals surface area contributed by atoms with E-state index in [-0.39, 0.29) is 24.3 Å². The van der Waals surface area contributed by atoms with Gasteiger partial charge in [0.05, 0.1) is 27.1 Å². The third-order valence-corrected chi connectivity index (χ3v) is 8.90. The number of nitrogens with one attached hydrogen (secondary N) is 1. The zero-order valence-electron chi connectivity index (χ0n) is 19.4. The van der Waals surface area contributed by atoms with E-state index < -0.39 is 11.2 Å². The van der Waals surface area contributed by atoms with Crippen molar-refractivity contribution in [1.29, 1.82) is 0 Å². The minimum absolute atomic E-state index is 0.0596. The van der Waals surface area contributed by atoms with Gasteiger partial charge in [-0.15, -0.1) is 23.1 Å². The molecule has 186 valence electrons. The van der Waals surface area contributed by atoms with E-state index in [0.29, 0.717) is 33.3 Å². The SMILES string of the molecule is CC(C)N1CCC(NC(=O)c2nc3c(n2Cc2cc(-c4ccc(Cl)s4)on2)CSC3C(=O)O)CC1. The Bertz CT molecular complexity index is 1240. The molecule has 0 aliphatic carbocycles. The number of halogens is 1. The van der Waals surface area contributed by atoms with Crippen LogP contribution in [-0.4, -0.2) is 61.8 Å². The Morgan fingerprint density at radius 3 is 2.74 bits per heavy atom.